The van der Waals surface area contributed by atoms with Crippen LogP contribution in [-0.2, 0) is 13.0 Å². The summed E-state index contributed by atoms with van der Waals surface area (Å²) in [6.07, 6.45) is 4.38. The molecule has 0 unspecified atom stereocenters. The summed E-state index contributed by atoms with van der Waals surface area (Å²) in [4.78, 5) is 16.1. The first-order chi connectivity index (χ1) is 9.11. The van der Waals surface area contributed by atoms with Crippen LogP contribution in [0.15, 0.2) is 24.2 Å². The molecule has 0 atom stereocenters. The molecule has 0 aromatic carbocycles. The van der Waals surface area contributed by atoms with E-state index in [-0.39, 0.29) is 0 Å². The highest BCUT2D eigenvalue weighted by atomic mass is 32.1. The van der Waals surface area contributed by atoms with Crippen LogP contribution in [0.3, 0.4) is 0 Å². The van der Waals surface area contributed by atoms with Crippen LogP contribution in [0.1, 0.15) is 28.7 Å². The van der Waals surface area contributed by atoms with Gasteiger partial charge in [0.2, 0.25) is 0 Å². The van der Waals surface area contributed by atoms with Gasteiger partial charge in [0.15, 0.2) is 0 Å². The summed E-state index contributed by atoms with van der Waals surface area (Å²) in [5.74, 6) is -0.403. The Labute approximate surface area is 116 Å². The minimum absolute atomic E-state index is 0.403. The van der Waals surface area contributed by atoms with E-state index in [1.165, 1.54) is 11.3 Å². The summed E-state index contributed by atoms with van der Waals surface area (Å²) in [5.41, 5.74) is 8.98. The highest BCUT2D eigenvalue weighted by Crippen LogP contribution is 2.34. The Balaban J connectivity index is 2.78. The van der Waals surface area contributed by atoms with Crippen molar-refractivity contribution in [3.63, 3.8) is 0 Å². The maximum atomic E-state index is 11.8. The molecule has 1 amide bonds. The number of nitrogens with two attached hydrogens (primary N) is 1. The first-order valence-electron chi connectivity index (χ1n) is 6.14. The lowest BCUT2D eigenvalue weighted by atomic mass is 10.1. The molecule has 0 fully saturated rings. The number of allylic oxidation sites excluding steroid dienone is 1. The fourth-order valence-corrected chi connectivity index (χ4v) is 3.13. The van der Waals surface area contributed by atoms with Crippen LogP contribution in [0.5, 0.6) is 0 Å². The third kappa shape index (κ3) is 2.21. The molecule has 2 rings (SSSR count). The zero-order valence-electron chi connectivity index (χ0n) is 11.1. The summed E-state index contributed by atoms with van der Waals surface area (Å²) in [5, 5.41) is 2.75. The van der Waals surface area contributed by atoms with Gasteiger partial charge >= 0.3 is 0 Å². The Hall–Kier alpha value is -1.88. The summed E-state index contributed by atoms with van der Waals surface area (Å²) in [6, 6.07) is 0. The van der Waals surface area contributed by atoms with E-state index in [1.807, 2.05) is 18.4 Å². The molecule has 2 aromatic heterocycles. The zero-order chi connectivity index (χ0) is 14.0. The Morgan fingerprint density at radius 1 is 1.63 bits per heavy atom. The van der Waals surface area contributed by atoms with E-state index < -0.39 is 5.91 Å². The average Bonchev–Trinajstić information content (AvgIpc) is 2.96. The van der Waals surface area contributed by atoms with Crippen molar-refractivity contribution < 1.29 is 4.79 Å². The Bertz CT molecular complexity index is 611. The lowest BCUT2D eigenvalue weighted by Crippen LogP contribution is -2.13. The van der Waals surface area contributed by atoms with Crippen LogP contribution in [-0.4, -0.2) is 15.5 Å². The van der Waals surface area contributed by atoms with Crippen molar-refractivity contribution in [2.24, 2.45) is 5.73 Å². The van der Waals surface area contributed by atoms with E-state index in [2.05, 4.69) is 23.1 Å². The highest BCUT2D eigenvalue weighted by molar-refractivity contribution is 7.13. The fourth-order valence-electron chi connectivity index (χ4n) is 2.42. The molecule has 0 spiro atoms. The van der Waals surface area contributed by atoms with Crippen molar-refractivity contribution in [3.8, 4) is 10.6 Å². The molecule has 0 radical (unpaired) electrons. The summed E-state index contributed by atoms with van der Waals surface area (Å²) in [7, 11) is 0. The van der Waals surface area contributed by atoms with Gasteiger partial charge in [-0.1, -0.05) is 13.0 Å². The van der Waals surface area contributed by atoms with Gasteiger partial charge in [-0.3, -0.25) is 4.79 Å². The predicted molar refractivity (Wildman–Crippen MR) is 78.4 cm³/mol. The molecule has 0 saturated carbocycles. The zero-order valence-corrected chi connectivity index (χ0v) is 12.0. The first-order valence-corrected chi connectivity index (χ1v) is 7.02. The first kappa shape index (κ1) is 13.5. The number of primary amides is 1. The van der Waals surface area contributed by atoms with Gasteiger partial charge in [0.1, 0.15) is 5.01 Å². The van der Waals surface area contributed by atoms with Crippen LogP contribution in [0, 0.1) is 6.92 Å². The number of rotatable bonds is 5. The fraction of sp³-hybridized carbons (Fsp3) is 0.286. The SMILES string of the molecule is C=CCn1c(C)c(C(N)=O)c(-c2nccs2)c1CC. The van der Waals surface area contributed by atoms with E-state index >= 15 is 0 Å². The van der Waals surface area contributed by atoms with Crippen LogP contribution in [0.4, 0.5) is 0 Å². The van der Waals surface area contributed by atoms with Gasteiger partial charge in [-0.15, -0.1) is 17.9 Å². The largest absolute Gasteiger partial charge is 0.366 e. The number of thiazole rings is 1. The van der Waals surface area contributed by atoms with E-state index in [4.69, 9.17) is 5.73 Å². The number of carbonyl (C=O) groups excluding carboxylic acids is 1. The van der Waals surface area contributed by atoms with Crippen LogP contribution in [0.25, 0.3) is 10.6 Å². The van der Waals surface area contributed by atoms with Gasteiger partial charge in [0.25, 0.3) is 5.91 Å². The van der Waals surface area contributed by atoms with Crippen molar-refractivity contribution in [1.29, 1.82) is 0 Å². The number of hydrogen-bond donors (Lipinski definition) is 1. The number of amides is 1. The van der Waals surface area contributed by atoms with Crippen molar-refractivity contribution in [1.82, 2.24) is 9.55 Å². The molecule has 0 aliphatic rings. The predicted octanol–water partition coefficient (Wildman–Crippen LogP) is 2.77. The molecule has 4 nitrogen and oxygen atoms in total. The molecular weight excluding hydrogens is 258 g/mol. The number of hydrogen-bond acceptors (Lipinski definition) is 3. The number of carbonyl (C=O) groups is 1. The topological polar surface area (TPSA) is 60.9 Å². The molecule has 5 heteroatoms. The van der Waals surface area contributed by atoms with Crippen LogP contribution < -0.4 is 5.73 Å². The Kier molecular flexibility index (Phi) is 3.85. The molecule has 100 valence electrons. The standard InChI is InChI=1S/C14H17N3OS/c1-4-7-17-9(3)11(13(15)18)12(10(17)5-2)14-16-6-8-19-14/h4,6,8H,1,5,7H2,2-3H3,(H2,15,18). The van der Waals surface area contributed by atoms with Gasteiger partial charge < -0.3 is 10.3 Å². The number of aromatic nitrogens is 2. The van der Waals surface area contributed by atoms with E-state index in [0.717, 1.165) is 28.4 Å². The van der Waals surface area contributed by atoms with Crippen molar-refractivity contribution >= 4 is 17.2 Å². The second kappa shape index (κ2) is 5.40. The summed E-state index contributed by atoms with van der Waals surface area (Å²) < 4.78 is 2.09. The van der Waals surface area contributed by atoms with Crippen LogP contribution in [0.2, 0.25) is 0 Å². The van der Waals surface area contributed by atoms with Crippen LogP contribution >= 0.6 is 11.3 Å². The number of nitrogens with zero attached hydrogens (tertiary/aromatic N) is 2. The average molecular weight is 275 g/mol. The van der Waals surface area contributed by atoms with E-state index in [1.54, 1.807) is 6.20 Å². The highest BCUT2D eigenvalue weighted by Gasteiger charge is 2.24. The molecule has 0 saturated heterocycles. The molecule has 19 heavy (non-hydrogen) atoms. The maximum Gasteiger partial charge on any atom is 0.251 e. The lowest BCUT2D eigenvalue weighted by Gasteiger charge is -2.07. The molecular formula is C14H17N3OS. The van der Waals surface area contributed by atoms with E-state index in [0.29, 0.717) is 12.1 Å². The van der Waals surface area contributed by atoms with E-state index in [9.17, 15) is 4.79 Å². The lowest BCUT2D eigenvalue weighted by molar-refractivity contribution is 0.1000. The summed E-state index contributed by atoms with van der Waals surface area (Å²) >= 11 is 1.52. The smallest absolute Gasteiger partial charge is 0.251 e. The summed E-state index contributed by atoms with van der Waals surface area (Å²) in [6.45, 7) is 8.42. The molecule has 0 aliphatic carbocycles. The molecule has 2 N–H and O–H groups in total. The van der Waals surface area contributed by atoms with Crippen molar-refractivity contribution in [2.75, 3.05) is 0 Å². The molecule has 2 aromatic rings. The molecule has 0 aliphatic heterocycles. The van der Waals surface area contributed by atoms with Gasteiger partial charge in [-0.05, 0) is 13.3 Å². The van der Waals surface area contributed by atoms with Gasteiger partial charge in [-0.2, -0.15) is 0 Å². The van der Waals surface area contributed by atoms with Gasteiger partial charge in [0.05, 0.1) is 5.56 Å². The van der Waals surface area contributed by atoms with Gasteiger partial charge in [0, 0.05) is 35.1 Å². The van der Waals surface area contributed by atoms with Gasteiger partial charge in [-0.25, -0.2) is 4.98 Å². The van der Waals surface area contributed by atoms with Crippen molar-refractivity contribution in [2.45, 2.75) is 26.8 Å². The monoisotopic (exact) mass is 275 g/mol. The molecule has 0 bridgehead atoms. The second-order valence-electron chi connectivity index (χ2n) is 4.24. The third-order valence-electron chi connectivity index (χ3n) is 3.17. The minimum atomic E-state index is -0.403. The third-order valence-corrected chi connectivity index (χ3v) is 3.96. The normalized spacial score (nSPS) is 10.6. The second-order valence-corrected chi connectivity index (χ2v) is 5.13. The Morgan fingerprint density at radius 3 is 2.84 bits per heavy atom. The van der Waals surface area contributed by atoms with Crippen molar-refractivity contribution in [3.05, 3.63) is 41.2 Å². The maximum absolute atomic E-state index is 11.8. The molecule has 2 heterocycles. The quantitative estimate of drug-likeness (QED) is 0.853. The minimum Gasteiger partial charge on any atom is -0.366 e. The Morgan fingerprint density at radius 2 is 2.37 bits per heavy atom.